The van der Waals surface area contributed by atoms with Gasteiger partial charge in [0.25, 0.3) is 0 Å². The van der Waals surface area contributed by atoms with E-state index in [-0.39, 0.29) is 17.9 Å². The summed E-state index contributed by atoms with van der Waals surface area (Å²) in [6.07, 6.45) is 0.377. The molecule has 1 saturated heterocycles. The summed E-state index contributed by atoms with van der Waals surface area (Å²) >= 11 is 0. The second-order valence-electron chi connectivity index (χ2n) is 6.29. The quantitative estimate of drug-likeness (QED) is 0.864. The van der Waals surface area contributed by atoms with E-state index in [4.69, 9.17) is 0 Å². The van der Waals surface area contributed by atoms with E-state index in [0.29, 0.717) is 32.4 Å². The van der Waals surface area contributed by atoms with Crippen molar-refractivity contribution in [2.45, 2.75) is 37.9 Å². The Morgan fingerprint density at radius 1 is 1.23 bits per heavy atom. The average Bonchev–Trinajstić information content (AvgIpc) is 2.50. The minimum atomic E-state index is -0.716. The highest BCUT2D eigenvalue weighted by Crippen LogP contribution is 2.49. The van der Waals surface area contributed by atoms with E-state index < -0.39 is 29.3 Å². The summed E-state index contributed by atoms with van der Waals surface area (Å²) in [5.74, 6) is -1.60. The van der Waals surface area contributed by atoms with Crippen molar-refractivity contribution in [2.75, 3.05) is 13.1 Å². The molecule has 0 unspecified atom stereocenters. The average molecular weight is 311 g/mol. The Bertz CT molecular complexity index is 575. The van der Waals surface area contributed by atoms with Crippen molar-refractivity contribution in [3.05, 3.63) is 35.4 Å². The van der Waals surface area contributed by atoms with Crippen LogP contribution in [0, 0.1) is 17.0 Å². The van der Waals surface area contributed by atoms with Crippen molar-refractivity contribution in [1.29, 1.82) is 0 Å². The van der Waals surface area contributed by atoms with Crippen LogP contribution in [0.1, 0.15) is 24.8 Å². The Morgan fingerprint density at radius 2 is 1.86 bits per heavy atom. The number of hydrogen-bond donors (Lipinski definition) is 2. The van der Waals surface area contributed by atoms with Crippen molar-refractivity contribution in [3.63, 3.8) is 0 Å². The van der Waals surface area contributed by atoms with Crippen LogP contribution in [-0.4, -0.2) is 46.3 Å². The van der Waals surface area contributed by atoms with Crippen LogP contribution in [0.25, 0.3) is 0 Å². The van der Waals surface area contributed by atoms with Gasteiger partial charge in [0.2, 0.25) is 5.91 Å². The molecule has 22 heavy (non-hydrogen) atoms. The normalized spacial score (nSPS) is 26.8. The van der Waals surface area contributed by atoms with E-state index >= 15 is 0 Å². The van der Waals surface area contributed by atoms with E-state index in [1.165, 1.54) is 6.07 Å². The van der Waals surface area contributed by atoms with Crippen molar-refractivity contribution in [2.24, 2.45) is 5.41 Å². The van der Waals surface area contributed by atoms with Gasteiger partial charge in [-0.15, -0.1) is 0 Å². The zero-order valence-electron chi connectivity index (χ0n) is 12.1. The lowest BCUT2D eigenvalue weighted by molar-refractivity contribution is -0.191. The number of nitrogens with zero attached hydrogens (tertiary/aromatic N) is 1. The summed E-state index contributed by atoms with van der Waals surface area (Å²) in [5.41, 5.74) is -0.298. The molecule has 2 fully saturated rings. The lowest BCUT2D eigenvalue weighted by Crippen LogP contribution is -2.62. The van der Waals surface area contributed by atoms with Crippen LogP contribution in [0.4, 0.5) is 8.78 Å². The molecule has 1 amide bonds. The van der Waals surface area contributed by atoms with Crippen LogP contribution in [0.3, 0.4) is 0 Å². The lowest BCUT2D eigenvalue weighted by Gasteiger charge is -2.55. The molecule has 2 N–H and O–H groups in total. The molecule has 1 heterocycles. The maximum atomic E-state index is 13.6. The van der Waals surface area contributed by atoms with Crippen molar-refractivity contribution in [3.8, 4) is 0 Å². The van der Waals surface area contributed by atoms with Gasteiger partial charge in [0, 0.05) is 31.0 Å². The molecule has 1 aromatic rings. The fraction of sp³-hybridized carbons (Fsp3) is 0.562. The Hall–Kier alpha value is -1.53. The Kier molecular flexibility index (Phi) is 3.91. The number of likely N-dealkylation sites (tertiary alicyclic amines) is 1. The number of piperidine rings is 1. The summed E-state index contributed by atoms with van der Waals surface area (Å²) in [7, 11) is 0. The van der Waals surface area contributed by atoms with Crippen LogP contribution in [0.15, 0.2) is 18.2 Å². The van der Waals surface area contributed by atoms with E-state index in [9.17, 15) is 23.8 Å². The molecule has 1 aromatic carbocycles. The highest BCUT2D eigenvalue weighted by Gasteiger charge is 2.55. The summed E-state index contributed by atoms with van der Waals surface area (Å²) < 4.78 is 26.5. The standard InChI is InChI=1S/C16H19F2NO3/c17-11-2-1-10(12(18)8-11)7-15(22)19-5-3-16(4-6-19)13(20)9-14(16)21/h1-2,8,13-14,20-21H,3-7,9H2/t13-,14+. The summed E-state index contributed by atoms with van der Waals surface area (Å²) in [5, 5.41) is 19.7. The molecule has 0 bridgehead atoms. The molecule has 2 aliphatic rings. The first kappa shape index (κ1) is 15.4. The molecule has 1 aliphatic carbocycles. The molecular weight excluding hydrogens is 292 g/mol. The first-order valence-electron chi connectivity index (χ1n) is 7.50. The van der Waals surface area contributed by atoms with Gasteiger partial charge in [-0.1, -0.05) is 6.07 Å². The van der Waals surface area contributed by atoms with Gasteiger partial charge in [-0.25, -0.2) is 8.78 Å². The zero-order chi connectivity index (χ0) is 15.9. The first-order valence-corrected chi connectivity index (χ1v) is 7.50. The molecule has 4 nitrogen and oxygen atoms in total. The van der Waals surface area contributed by atoms with Gasteiger partial charge in [-0.2, -0.15) is 0 Å². The van der Waals surface area contributed by atoms with E-state index in [2.05, 4.69) is 0 Å². The number of carbonyl (C=O) groups is 1. The SMILES string of the molecule is O=C(Cc1ccc(F)cc1F)N1CCC2(CC1)[C@H](O)C[C@@H]2O. The number of benzene rings is 1. The molecular formula is C16H19F2NO3. The topological polar surface area (TPSA) is 60.8 Å². The van der Waals surface area contributed by atoms with Gasteiger partial charge in [0.15, 0.2) is 0 Å². The zero-order valence-corrected chi connectivity index (χ0v) is 12.1. The van der Waals surface area contributed by atoms with Gasteiger partial charge in [0.05, 0.1) is 18.6 Å². The van der Waals surface area contributed by atoms with Gasteiger partial charge in [-0.05, 0) is 24.5 Å². The predicted octanol–water partition coefficient (Wildman–Crippen LogP) is 1.24. The van der Waals surface area contributed by atoms with Crippen molar-refractivity contribution >= 4 is 5.91 Å². The fourth-order valence-corrected chi connectivity index (χ4v) is 3.52. The molecule has 3 rings (SSSR count). The number of halogens is 2. The highest BCUT2D eigenvalue weighted by atomic mass is 19.1. The Balaban J connectivity index is 1.60. The number of rotatable bonds is 2. The van der Waals surface area contributed by atoms with Crippen LogP contribution < -0.4 is 0 Å². The minimum absolute atomic E-state index is 0.107. The van der Waals surface area contributed by atoms with Crippen molar-refractivity contribution < 1.29 is 23.8 Å². The number of hydrogen-bond acceptors (Lipinski definition) is 3. The summed E-state index contributed by atoms with van der Waals surface area (Å²) in [6, 6.07) is 3.19. The summed E-state index contributed by atoms with van der Waals surface area (Å²) in [4.78, 5) is 13.8. The molecule has 1 spiro atoms. The van der Waals surface area contributed by atoms with Gasteiger partial charge in [-0.3, -0.25) is 4.79 Å². The van der Waals surface area contributed by atoms with E-state index in [0.717, 1.165) is 12.1 Å². The monoisotopic (exact) mass is 311 g/mol. The second kappa shape index (κ2) is 5.59. The van der Waals surface area contributed by atoms with Crippen LogP contribution in [0.2, 0.25) is 0 Å². The third-order valence-corrected chi connectivity index (χ3v) is 5.18. The summed E-state index contributed by atoms with van der Waals surface area (Å²) in [6.45, 7) is 0.880. The smallest absolute Gasteiger partial charge is 0.227 e. The molecule has 1 saturated carbocycles. The van der Waals surface area contributed by atoms with Crippen LogP contribution >= 0.6 is 0 Å². The molecule has 1 aliphatic heterocycles. The van der Waals surface area contributed by atoms with E-state index in [1.54, 1.807) is 4.90 Å². The number of amides is 1. The fourth-order valence-electron chi connectivity index (χ4n) is 3.52. The third kappa shape index (κ3) is 2.50. The lowest BCUT2D eigenvalue weighted by atomic mass is 9.58. The number of aliphatic hydroxyl groups is 2. The first-order chi connectivity index (χ1) is 10.4. The Morgan fingerprint density at radius 3 is 2.41 bits per heavy atom. The maximum Gasteiger partial charge on any atom is 0.227 e. The van der Waals surface area contributed by atoms with Gasteiger partial charge in [0.1, 0.15) is 11.6 Å². The molecule has 0 radical (unpaired) electrons. The Labute approximate surface area is 127 Å². The van der Waals surface area contributed by atoms with Gasteiger partial charge >= 0.3 is 0 Å². The molecule has 2 atom stereocenters. The minimum Gasteiger partial charge on any atom is -0.392 e. The number of carbonyl (C=O) groups excluding carboxylic acids is 1. The predicted molar refractivity (Wildman–Crippen MR) is 74.9 cm³/mol. The molecule has 0 aromatic heterocycles. The highest BCUT2D eigenvalue weighted by molar-refractivity contribution is 5.79. The maximum absolute atomic E-state index is 13.6. The van der Waals surface area contributed by atoms with Crippen molar-refractivity contribution in [1.82, 2.24) is 4.90 Å². The third-order valence-electron chi connectivity index (χ3n) is 5.18. The van der Waals surface area contributed by atoms with Gasteiger partial charge < -0.3 is 15.1 Å². The number of aliphatic hydroxyl groups excluding tert-OH is 2. The van der Waals surface area contributed by atoms with Crippen LogP contribution in [0.5, 0.6) is 0 Å². The van der Waals surface area contributed by atoms with Crippen LogP contribution in [-0.2, 0) is 11.2 Å². The second-order valence-corrected chi connectivity index (χ2v) is 6.29. The molecule has 6 heteroatoms. The molecule has 120 valence electrons. The van der Waals surface area contributed by atoms with E-state index in [1.807, 2.05) is 0 Å². The largest absolute Gasteiger partial charge is 0.392 e.